The highest BCUT2D eigenvalue weighted by molar-refractivity contribution is 7.93. The van der Waals surface area contributed by atoms with Crippen LogP contribution in [0.25, 0.3) is 28.0 Å². The van der Waals surface area contributed by atoms with Crippen LogP contribution in [0.5, 0.6) is 11.5 Å². The third kappa shape index (κ3) is 9.73. The fourth-order valence-electron chi connectivity index (χ4n) is 9.44. The maximum atomic E-state index is 14.9. The summed E-state index contributed by atoms with van der Waals surface area (Å²) in [5.41, 5.74) is 12.2. The van der Waals surface area contributed by atoms with E-state index in [4.69, 9.17) is 9.47 Å². The highest BCUT2D eigenvalue weighted by Crippen LogP contribution is 2.45. The van der Waals surface area contributed by atoms with E-state index in [1.807, 2.05) is 91.9 Å². The zero-order chi connectivity index (χ0) is 48.9. The maximum absolute atomic E-state index is 14.9. The second-order valence-electron chi connectivity index (χ2n) is 17.7. The predicted molar refractivity (Wildman–Crippen MR) is 286 cm³/mol. The summed E-state index contributed by atoms with van der Waals surface area (Å²) in [6, 6.07) is 67.5. The summed E-state index contributed by atoms with van der Waals surface area (Å²) in [5, 5.41) is 0. The molecule has 2 aliphatic heterocycles. The predicted octanol–water partition coefficient (Wildman–Crippen LogP) is 12.7. The van der Waals surface area contributed by atoms with Gasteiger partial charge in [-0.1, -0.05) is 133 Å². The zero-order valence-electron chi connectivity index (χ0n) is 40.0. The first kappa shape index (κ1) is 46.5. The molecule has 2 heterocycles. The summed E-state index contributed by atoms with van der Waals surface area (Å²) in [5.74, 6) is 1.03. The van der Waals surface area contributed by atoms with Crippen molar-refractivity contribution in [2.45, 2.75) is 18.4 Å². The van der Waals surface area contributed by atoms with E-state index in [2.05, 4.69) is 106 Å². The Bertz CT molecular complexity index is 3270. The Kier molecular flexibility index (Phi) is 13.4. The van der Waals surface area contributed by atoms with Crippen molar-refractivity contribution >= 4 is 55.5 Å². The molecule has 0 radical (unpaired) electrons. The molecule has 1 fully saturated rings. The number of rotatable bonds is 14. The van der Waals surface area contributed by atoms with Gasteiger partial charge in [0.1, 0.15) is 11.5 Å². The molecule has 10 heteroatoms. The lowest BCUT2D eigenvalue weighted by molar-refractivity contribution is -0.111. The van der Waals surface area contributed by atoms with Crippen molar-refractivity contribution in [1.82, 2.24) is 9.80 Å². The molecule has 1 saturated heterocycles. The number of benzene rings is 8. The topological polar surface area (TPSA) is 82.6 Å². The first-order valence-corrected chi connectivity index (χ1v) is 25.2. The van der Waals surface area contributed by atoms with E-state index in [0.29, 0.717) is 22.4 Å². The first-order valence-electron chi connectivity index (χ1n) is 23.8. The van der Waals surface area contributed by atoms with Crippen LogP contribution in [0.4, 0.5) is 22.7 Å². The van der Waals surface area contributed by atoms with Gasteiger partial charge in [0.05, 0.1) is 30.4 Å². The minimum atomic E-state index is -4.24. The fourth-order valence-corrected chi connectivity index (χ4v) is 10.9. The van der Waals surface area contributed by atoms with Gasteiger partial charge in [0.15, 0.2) is 0 Å². The van der Waals surface area contributed by atoms with Crippen LogP contribution in [0, 0.1) is 6.92 Å². The monoisotopic (exact) mass is 954 g/mol. The van der Waals surface area contributed by atoms with Crippen LogP contribution in [0.15, 0.2) is 217 Å². The number of para-hydroxylation sites is 1. The lowest BCUT2D eigenvalue weighted by atomic mass is 9.93. The number of hydrogen-bond donors (Lipinski definition) is 0. The lowest BCUT2D eigenvalue weighted by Gasteiger charge is -2.38. The van der Waals surface area contributed by atoms with Crippen LogP contribution in [0.3, 0.4) is 0 Å². The number of carbonyl (C=O) groups is 1. The maximum Gasteiger partial charge on any atom is 0.273 e. The highest BCUT2D eigenvalue weighted by atomic mass is 32.2. The summed E-state index contributed by atoms with van der Waals surface area (Å²) in [7, 11) is -0.886. The van der Waals surface area contributed by atoms with Crippen LogP contribution >= 0.6 is 0 Å². The van der Waals surface area contributed by atoms with E-state index in [9.17, 15) is 13.2 Å². The van der Waals surface area contributed by atoms with Crippen molar-refractivity contribution in [2.24, 2.45) is 0 Å². The Hall–Kier alpha value is -8.18. The second-order valence-corrected chi connectivity index (χ2v) is 19.5. The largest absolute Gasteiger partial charge is 0.497 e. The number of ether oxygens (including phenoxy) is 2. The van der Waals surface area contributed by atoms with Crippen molar-refractivity contribution < 1.29 is 22.7 Å². The second kappa shape index (κ2) is 20.4. The molecule has 71 heavy (non-hydrogen) atoms. The fraction of sp³-hybridized carbons (Fsp3) is 0.131. The van der Waals surface area contributed by atoms with Crippen LogP contribution in [-0.2, 0) is 21.4 Å². The number of piperazine rings is 1. The number of carbonyl (C=O) groups excluding carboxylic acids is 1. The molecule has 1 amide bonds. The van der Waals surface area contributed by atoms with Gasteiger partial charge >= 0.3 is 0 Å². The SMILES string of the molecule is COc1ccc(N(c2ccc(OC)cc2)c2ccc(-c3ccc(CN4CCN(/C(=C/C(=C5\C(=O)N(S(=O)(=O)c6ccc(C)cc6)c6ccccc65)c5ccccc5)c5ccccc5)CC4)cc3)cc2)cc1. The molecule has 0 unspecified atom stereocenters. The number of methoxy groups -OCH3 is 2. The average molecular weight is 955 g/mol. The Labute approximate surface area is 416 Å². The quantitative estimate of drug-likeness (QED) is 0.0997. The highest BCUT2D eigenvalue weighted by Gasteiger charge is 2.42. The molecule has 2 aliphatic rings. The molecule has 0 spiro atoms. The molecule has 9 nitrogen and oxygen atoms in total. The molecule has 354 valence electrons. The third-order valence-corrected chi connectivity index (χ3v) is 15.0. The molecule has 0 bridgehead atoms. The Balaban J connectivity index is 0.891. The summed E-state index contributed by atoms with van der Waals surface area (Å²) in [4.78, 5) is 22.0. The number of anilines is 4. The summed E-state index contributed by atoms with van der Waals surface area (Å²) < 4.78 is 40.6. The van der Waals surface area contributed by atoms with E-state index in [1.54, 1.807) is 50.6 Å². The molecular formula is C61H54N4O5S. The van der Waals surface area contributed by atoms with Gasteiger partial charge in [-0.05, 0) is 125 Å². The van der Waals surface area contributed by atoms with Gasteiger partial charge in [-0.25, -0.2) is 8.42 Å². The first-order chi connectivity index (χ1) is 34.7. The summed E-state index contributed by atoms with van der Waals surface area (Å²) in [6.45, 7) is 5.88. The van der Waals surface area contributed by atoms with E-state index < -0.39 is 15.9 Å². The number of hydrogen-bond acceptors (Lipinski definition) is 8. The third-order valence-electron chi connectivity index (χ3n) is 13.2. The number of sulfonamides is 1. The minimum Gasteiger partial charge on any atom is -0.497 e. The smallest absolute Gasteiger partial charge is 0.273 e. The molecule has 0 N–H and O–H groups in total. The Morgan fingerprint density at radius 2 is 1.06 bits per heavy atom. The van der Waals surface area contributed by atoms with Gasteiger partial charge < -0.3 is 19.3 Å². The van der Waals surface area contributed by atoms with Gasteiger partial charge in [0.25, 0.3) is 15.9 Å². The molecule has 0 atom stereocenters. The molecule has 0 saturated carbocycles. The summed E-state index contributed by atoms with van der Waals surface area (Å²) >= 11 is 0. The summed E-state index contributed by atoms with van der Waals surface area (Å²) in [6.07, 6.45) is 2.09. The standard InChI is InChI=1S/C61H54N4O5S/c1-44-18-36-55(37-19-44)71(67,68)65-58-17-11-10-16-56(58)60(61(65)66)57(48-12-6-4-7-13-48)42-59(49-14-8-5-9-15-49)63-40-38-62(39-41-63)43-45-20-22-46(23-21-45)47-24-26-50(27-25-47)64(51-28-32-53(69-2)33-29-51)52-30-34-54(70-3)35-31-52/h4-37,42H,38-41,43H2,1-3H3/b59-42+,60-57+. The zero-order valence-corrected chi connectivity index (χ0v) is 40.8. The molecular weight excluding hydrogens is 901 g/mol. The molecule has 10 rings (SSSR count). The van der Waals surface area contributed by atoms with E-state index >= 15 is 0 Å². The van der Waals surface area contributed by atoms with Gasteiger partial charge in [0, 0.05) is 61.0 Å². The Morgan fingerprint density at radius 1 is 0.563 bits per heavy atom. The van der Waals surface area contributed by atoms with E-state index in [-0.39, 0.29) is 4.90 Å². The molecule has 8 aromatic rings. The van der Waals surface area contributed by atoms with Gasteiger partial charge in [-0.2, -0.15) is 4.31 Å². The Morgan fingerprint density at radius 3 is 1.61 bits per heavy atom. The molecule has 8 aromatic carbocycles. The van der Waals surface area contributed by atoms with Gasteiger partial charge in [0.2, 0.25) is 0 Å². The molecule has 0 aromatic heterocycles. The van der Waals surface area contributed by atoms with Crippen molar-refractivity contribution in [3.05, 3.63) is 240 Å². The van der Waals surface area contributed by atoms with Crippen LogP contribution < -0.4 is 18.7 Å². The number of nitrogens with zero attached hydrogens (tertiary/aromatic N) is 4. The number of aryl methyl sites for hydroxylation is 1. The normalized spacial score (nSPS) is 14.8. The van der Waals surface area contributed by atoms with Crippen molar-refractivity contribution in [3.63, 3.8) is 0 Å². The average Bonchev–Trinajstić information content (AvgIpc) is 3.72. The van der Waals surface area contributed by atoms with E-state index in [1.165, 1.54) is 5.56 Å². The van der Waals surface area contributed by atoms with Crippen LogP contribution in [0.2, 0.25) is 0 Å². The van der Waals surface area contributed by atoms with E-state index in [0.717, 1.165) is 99.1 Å². The van der Waals surface area contributed by atoms with Crippen molar-refractivity contribution in [3.8, 4) is 22.6 Å². The minimum absolute atomic E-state index is 0.0632. The van der Waals surface area contributed by atoms with Crippen LogP contribution in [-0.4, -0.2) is 64.5 Å². The number of amides is 1. The van der Waals surface area contributed by atoms with Crippen molar-refractivity contribution in [2.75, 3.05) is 49.6 Å². The molecule has 0 aliphatic carbocycles. The van der Waals surface area contributed by atoms with Gasteiger partial charge in [-0.15, -0.1) is 0 Å². The number of allylic oxidation sites excluding steroid dienone is 2. The van der Waals surface area contributed by atoms with Gasteiger partial charge in [-0.3, -0.25) is 9.69 Å². The number of fused-ring (bicyclic) bond motifs is 1. The lowest BCUT2D eigenvalue weighted by Crippen LogP contribution is -2.45. The van der Waals surface area contributed by atoms with Crippen molar-refractivity contribution in [1.29, 1.82) is 0 Å². The van der Waals surface area contributed by atoms with Crippen LogP contribution in [0.1, 0.15) is 27.8 Å².